The van der Waals surface area contributed by atoms with Crippen molar-refractivity contribution in [3.8, 4) is 11.5 Å². The quantitative estimate of drug-likeness (QED) is 0.283. The topological polar surface area (TPSA) is 38.7 Å². The molecule has 1 heterocycles. The second kappa shape index (κ2) is 11.5. The molecule has 1 fully saturated rings. The Bertz CT molecular complexity index is 1210. The van der Waals surface area contributed by atoms with Crippen LogP contribution in [0, 0.1) is 11.3 Å². The summed E-state index contributed by atoms with van der Waals surface area (Å²) in [5.41, 5.74) is 7.11. The van der Waals surface area contributed by atoms with Crippen LogP contribution in [0.25, 0.3) is 12.2 Å². The summed E-state index contributed by atoms with van der Waals surface area (Å²) in [6.07, 6.45) is 14.4. The summed E-state index contributed by atoms with van der Waals surface area (Å²) in [5, 5.41) is 10.7. The van der Waals surface area contributed by atoms with Gasteiger partial charge >= 0.3 is 0 Å². The molecular weight excluding hydrogens is 468 g/mol. The highest BCUT2D eigenvalue weighted by molar-refractivity contribution is 5.72. The predicted molar refractivity (Wildman–Crippen MR) is 160 cm³/mol. The van der Waals surface area contributed by atoms with Gasteiger partial charge in [-0.2, -0.15) is 0 Å². The van der Waals surface area contributed by atoms with Crippen LogP contribution in [0.1, 0.15) is 89.5 Å². The van der Waals surface area contributed by atoms with Crippen molar-refractivity contribution in [3.63, 3.8) is 0 Å². The van der Waals surface area contributed by atoms with E-state index in [9.17, 15) is 5.11 Å². The standard InChI is InChI=1S/C35H46O3/c1-24(2)9-8-10-25(3)11-12-26-13-15-27(16-14-26)17-18-28-21-29-23-31-34(4,5)32(36)19-20-35(31,6)38-33(29)30(22-28)37-7/h9,11,13-18,21-22,31-32,36H,8,10,12,19-20,23H2,1-7H3/b18-17+,25-11+/t31-,32-,35-/m1/s1. The van der Waals surface area contributed by atoms with Crippen LogP contribution in [0.5, 0.6) is 11.5 Å². The first kappa shape index (κ1) is 28.2. The highest BCUT2D eigenvalue weighted by Crippen LogP contribution is 2.54. The first-order valence-electron chi connectivity index (χ1n) is 14.2. The number of hydrogen-bond acceptors (Lipinski definition) is 3. The van der Waals surface area contributed by atoms with E-state index in [1.807, 2.05) is 0 Å². The van der Waals surface area contributed by atoms with Crippen molar-refractivity contribution in [2.45, 2.75) is 91.8 Å². The number of hydrogen-bond donors (Lipinski definition) is 1. The molecular formula is C35H46O3. The minimum atomic E-state index is -0.305. The molecule has 0 spiro atoms. The van der Waals surface area contributed by atoms with Crippen molar-refractivity contribution in [1.29, 1.82) is 0 Å². The van der Waals surface area contributed by atoms with E-state index in [2.05, 4.69) is 102 Å². The van der Waals surface area contributed by atoms with Crippen LogP contribution in [-0.4, -0.2) is 23.9 Å². The van der Waals surface area contributed by atoms with E-state index in [-0.39, 0.29) is 23.0 Å². The molecule has 2 aliphatic rings. The van der Waals surface area contributed by atoms with Gasteiger partial charge in [-0.1, -0.05) is 73.6 Å². The summed E-state index contributed by atoms with van der Waals surface area (Å²) in [5.74, 6) is 1.89. The number of fused-ring (bicyclic) bond motifs is 2. The van der Waals surface area contributed by atoms with Gasteiger partial charge in [0.1, 0.15) is 5.60 Å². The maximum absolute atomic E-state index is 10.7. The normalized spacial score (nSPS) is 24.4. The molecule has 0 aromatic heterocycles. The van der Waals surface area contributed by atoms with Crippen LogP contribution in [0.15, 0.2) is 59.7 Å². The summed E-state index contributed by atoms with van der Waals surface area (Å²) in [4.78, 5) is 0. The lowest BCUT2D eigenvalue weighted by molar-refractivity contribution is -0.138. The van der Waals surface area contributed by atoms with Gasteiger partial charge in [-0.25, -0.2) is 0 Å². The second-order valence-corrected chi connectivity index (χ2v) is 12.4. The van der Waals surface area contributed by atoms with E-state index in [4.69, 9.17) is 9.47 Å². The molecule has 4 rings (SSSR count). The van der Waals surface area contributed by atoms with Gasteiger partial charge in [-0.15, -0.1) is 0 Å². The zero-order valence-corrected chi connectivity index (χ0v) is 24.4. The molecule has 2 aromatic carbocycles. The lowest BCUT2D eigenvalue weighted by Crippen LogP contribution is -2.58. The molecule has 0 saturated heterocycles. The van der Waals surface area contributed by atoms with Gasteiger partial charge in [0.25, 0.3) is 0 Å². The molecule has 0 radical (unpaired) electrons. The van der Waals surface area contributed by atoms with E-state index >= 15 is 0 Å². The number of ether oxygens (including phenoxy) is 2. The third-order valence-electron chi connectivity index (χ3n) is 8.77. The van der Waals surface area contributed by atoms with Crippen LogP contribution in [0.4, 0.5) is 0 Å². The molecule has 3 heteroatoms. The summed E-state index contributed by atoms with van der Waals surface area (Å²) in [6.45, 7) is 13.1. The van der Waals surface area contributed by atoms with Gasteiger partial charge in [0, 0.05) is 5.92 Å². The van der Waals surface area contributed by atoms with Crippen molar-refractivity contribution in [2.75, 3.05) is 7.11 Å². The number of rotatable bonds is 8. The molecule has 0 bridgehead atoms. The summed E-state index contributed by atoms with van der Waals surface area (Å²) in [7, 11) is 1.71. The fourth-order valence-corrected chi connectivity index (χ4v) is 6.18. The van der Waals surface area contributed by atoms with Crippen LogP contribution in [0.2, 0.25) is 0 Å². The van der Waals surface area contributed by atoms with Crippen LogP contribution >= 0.6 is 0 Å². The number of allylic oxidation sites excluding steroid dienone is 4. The molecule has 38 heavy (non-hydrogen) atoms. The average molecular weight is 515 g/mol. The van der Waals surface area contributed by atoms with Crippen LogP contribution < -0.4 is 9.47 Å². The zero-order valence-electron chi connectivity index (χ0n) is 24.4. The number of aliphatic hydroxyl groups is 1. The molecule has 0 amide bonds. The predicted octanol–water partition coefficient (Wildman–Crippen LogP) is 8.59. The Balaban J connectivity index is 1.47. The Morgan fingerprint density at radius 3 is 2.42 bits per heavy atom. The van der Waals surface area contributed by atoms with E-state index in [0.717, 1.165) is 61.2 Å². The van der Waals surface area contributed by atoms with Crippen molar-refractivity contribution in [2.24, 2.45) is 11.3 Å². The van der Waals surface area contributed by atoms with E-state index in [1.54, 1.807) is 7.11 Å². The Morgan fingerprint density at radius 2 is 1.74 bits per heavy atom. The van der Waals surface area contributed by atoms with Crippen molar-refractivity contribution < 1.29 is 14.6 Å². The van der Waals surface area contributed by atoms with Crippen LogP contribution in [0.3, 0.4) is 0 Å². The Kier molecular flexibility index (Phi) is 8.57. The first-order chi connectivity index (χ1) is 18.0. The molecule has 204 valence electrons. The first-order valence-corrected chi connectivity index (χ1v) is 14.2. The fraction of sp³-hybridized carbons (Fsp3) is 0.486. The average Bonchev–Trinajstić information content (AvgIpc) is 2.88. The molecule has 1 aliphatic heterocycles. The molecule has 0 unspecified atom stereocenters. The highest BCUT2D eigenvalue weighted by atomic mass is 16.5. The SMILES string of the molecule is COc1cc(/C=C/c2ccc(C/C=C(\C)CCC=C(C)C)cc2)cc2c1O[C@]1(C)CC[C@@H](O)C(C)(C)[C@H]1C2. The smallest absolute Gasteiger partial charge is 0.165 e. The lowest BCUT2D eigenvalue weighted by atomic mass is 9.57. The van der Waals surface area contributed by atoms with Crippen molar-refractivity contribution in [3.05, 3.63) is 82.0 Å². The third kappa shape index (κ3) is 6.26. The molecule has 3 atom stereocenters. The minimum Gasteiger partial charge on any atom is -0.493 e. The maximum atomic E-state index is 10.7. The largest absolute Gasteiger partial charge is 0.493 e. The van der Waals surface area contributed by atoms with E-state index in [1.165, 1.54) is 22.3 Å². The Hall–Kier alpha value is -2.78. The van der Waals surface area contributed by atoms with E-state index < -0.39 is 0 Å². The van der Waals surface area contributed by atoms with Gasteiger partial charge in [0.05, 0.1) is 13.2 Å². The number of benzene rings is 2. The molecule has 2 aromatic rings. The maximum Gasteiger partial charge on any atom is 0.165 e. The monoisotopic (exact) mass is 514 g/mol. The van der Waals surface area contributed by atoms with Gasteiger partial charge in [-0.05, 0) is 106 Å². The van der Waals surface area contributed by atoms with Gasteiger partial charge in [0.2, 0.25) is 0 Å². The summed E-state index contributed by atoms with van der Waals surface area (Å²) >= 11 is 0. The summed E-state index contributed by atoms with van der Waals surface area (Å²) in [6, 6.07) is 13.1. The number of aliphatic hydroxyl groups excluding tert-OH is 1. The van der Waals surface area contributed by atoms with Crippen molar-refractivity contribution >= 4 is 12.2 Å². The fourth-order valence-electron chi connectivity index (χ4n) is 6.18. The van der Waals surface area contributed by atoms with Crippen LogP contribution in [-0.2, 0) is 12.8 Å². The Morgan fingerprint density at radius 1 is 1.03 bits per heavy atom. The van der Waals surface area contributed by atoms with Gasteiger partial charge < -0.3 is 14.6 Å². The molecule has 1 aliphatic carbocycles. The highest BCUT2D eigenvalue weighted by Gasteiger charge is 2.54. The minimum absolute atomic E-state index is 0.204. The second-order valence-electron chi connectivity index (χ2n) is 12.4. The lowest BCUT2D eigenvalue weighted by Gasteiger charge is -2.55. The molecule has 1 saturated carbocycles. The van der Waals surface area contributed by atoms with E-state index in [0.29, 0.717) is 0 Å². The Labute approximate surface area is 230 Å². The summed E-state index contributed by atoms with van der Waals surface area (Å²) < 4.78 is 12.4. The molecule has 3 nitrogen and oxygen atoms in total. The number of methoxy groups -OCH3 is 1. The molecule has 1 N–H and O–H groups in total. The van der Waals surface area contributed by atoms with Gasteiger partial charge in [0.15, 0.2) is 11.5 Å². The van der Waals surface area contributed by atoms with Crippen molar-refractivity contribution in [1.82, 2.24) is 0 Å². The zero-order chi connectivity index (χ0) is 27.5. The third-order valence-corrected chi connectivity index (χ3v) is 8.77. The van der Waals surface area contributed by atoms with Gasteiger partial charge in [-0.3, -0.25) is 0 Å².